The Hall–Kier alpha value is -1.88. The van der Waals surface area contributed by atoms with Gasteiger partial charge in [0.1, 0.15) is 0 Å². The first-order chi connectivity index (χ1) is 11.0. The van der Waals surface area contributed by atoms with E-state index in [0.29, 0.717) is 30.9 Å². The Labute approximate surface area is 137 Å². The summed E-state index contributed by atoms with van der Waals surface area (Å²) in [5.41, 5.74) is 0.980. The fraction of sp³-hybridized carbons (Fsp3) is 0.556. The van der Waals surface area contributed by atoms with Crippen LogP contribution in [0.15, 0.2) is 24.3 Å². The number of carbonyl (C=O) groups is 2. The lowest BCUT2D eigenvalue weighted by Gasteiger charge is -2.31. The molecule has 0 aromatic heterocycles. The van der Waals surface area contributed by atoms with E-state index in [0.717, 1.165) is 18.6 Å². The molecule has 1 aromatic carbocycles. The highest BCUT2D eigenvalue weighted by Gasteiger charge is 2.31. The molecule has 1 aromatic rings. The van der Waals surface area contributed by atoms with Gasteiger partial charge >= 0.3 is 5.97 Å². The maximum absolute atomic E-state index is 12.6. The van der Waals surface area contributed by atoms with Gasteiger partial charge in [0.25, 0.3) is 5.91 Å². The van der Waals surface area contributed by atoms with E-state index in [2.05, 4.69) is 5.32 Å². The summed E-state index contributed by atoms with van der Waals surface area (Å²) in [6.45, 7) is 5.25. The van der Waals surface area contributed by atoms with Gasteiger partial charge in [-0.2, -0.15) is 0 Å². The average molecular weight is 319 g/mol. The summed E-state index contributed by atoms with van der Waals surface area (Å²) in [5.74, 6) is -0.773. The van der Waals surface area contributed by atoms with Crippen molar-refractivity contribution in [2.24, 2.45) is 0 Å². The van der Waals surface area contributed by atoms with E-state index >= 15 is 0 Å². The number of carboxylic acid groups (broad SMARTS) is 1. The maximum atomic E-state index is 12.6. The number of amides is 1. The van der Waals surface area contributed by atoms with Gasteiger partial charge in [-0.15, -0.1) is 0 Å². The summed E-state index contributed by atoms with van der Waals surface area (Å²) >= 11 is 0. The molecule has 1 aliphatic rings. The fourth-order valence-electron chi connectivity index (χ4n) is 3.05. The monoisotopic (exact) mass is 319 g/mol. The molecule has 2 rings (SSSR count). The van der Waals surface area contributed by atoms with E-state index < -0.39 is 11.5 Å². The summed E-state index contributed by atoms with van der Waals surface area (Å²) in [7, 11) is 0. The van der Waals surface area contributed by atoms with Gasteiger partial charge in [-0.25, -0.2) is 0 Å². The van der Waals surface area contributed by atoms with E-state index in [9.17, 15) is 9.59 Å². The van der Waals surface area contributed by atoms with Crippen LogP contribution in [0.2, 0.25) is 0 Å². The molecule has 1 fully saturated rings. The lowest BCUT2D eigenvalue weighted by atomic mass is 9.88. The highest BCUT2D eigenvalue weighted by atomic mass is 16.5. The van der Waals surface area contributed by atoms with Gasteiger partial charge in [0.15, 0.2) is 0 Å². The lowest BCUT2D eigenvalue weighted by molar-refractivity contribution is -0.138. The number of rotatable bonds is 7. The summed E-state index contributed by atoms with van der Waals surface area (Å²) in [5, 5.41) is 12.1. The molecule has 1 saturated heterocycles. The Bertz CT molecular complexity index is 560. The number of carbonyl (C=O) groups excluding carboxylic acids is 1. The highest BCUT2D eigenvalue weighted by molar-refractivity contribution is 5.95. The largest absolute Gasteiger partial charge is 0.481 e. The number of hydrogen-bond acceptors (Lipinski definition) is 3. The third-order valence-corrected chi connectivity index (χ3v) is 4.77. The van der Waals surface area contributed by atoms with Crippen molar-refractivity contribution in [1.82, 2.24) is 5.32 Å². The molecular formula is C18H25NO4. The molecule has 5 heteroatoms. The second-order valence-corrected chi connectivity index (χ2v) is 6.20. The van der Waals surface area contributed by atoms with Gasteiger partial charge in [-0.3, -0.25) is 9.59 Å². The van der Waals surface area contributed by atoms with Crippen LogP contribution >= 0.6 is 0 Å². The minimum atomic E-state index is -0.897. The zero-order chi connectivity index (χ0) is 16.9. The second kappa shape index (κ2) is 7.59. The smallest absolute Gasteiger partial charge is 0.305 e. The Morgan fingerprint density at radius 3 is 2.65 bits per heavy atom. The molecule has 0 radical (unpaired) electrons. The van der Waals surface area contributed by atoms with Crippen molar-refractivity contribution in [3.63, 3.8) is 0 Å². The van der Waals surface area contributed by atoms with Gasteiger partial charge in [0.05, 0.1) is 18.6 Å². The summed E-state index contributed by atoms with van der Waals surface area (Å²) < 4.78 is 5.41. The van der Waals surface area contributed by atoms with Crippen molar-refractivity contribution in [3.05, 3.63) is 35.4 Å². The van der Waals surface area contributed by atoms with Crippen LogP contribution in [0.25, 0.3) is 0 Å². The zero-order valence-corrected chi connectivity index (χ0v) is 13.8. The van der Waals surface area contributed by atoms with Crippen molar-refractivity contribution in [2.45, 2.75) is 51.0 Å². The van der Waals surface area contributed by atoms with Gasteiger partial charge in [0.2, 0.25) is 0 Å². The quantitative estimate of drug-likeness (QED) is 0.810. The minimum Gasteiger partial charge on any atom is -0.481 e. The van der Waals surface area contributed by atoms with Crippen LogP contribution in [-0.4, -0.2) is 35.7 Å². The Balaban J connectivity index is 2.15. The first-order valence-corrected chi connectivity index (χ1v) is 8.21. The van der Waals surface area contributed by atoms with Gasteiger partial charge in [-0.05, 0) is 37.0 Å². The van der Waals surface area contributed by atoms with Gasteiger partial charge < -0.3 is 15.2 Å². The van der Waals surface area contributed by atoms with Crippen molar-refractivity contribution in [2.75, 3.05) is 13.2 Å². The maximum Gasteiger partial charge on any atom is 0.305 e. The summed E-state index contributed by atoms with van der Waals surface area (Å²) in [6.07, 6.45) is 2.06. The molecule has 0 spiro atoms. The predicted octanol–water partition coefficient (Wildman–Crippen LogP) is 2.95. The summed E-state index contributed by atoms with van der Waals surface area (Å²) in [6, 6.07) is 7.55. The molecule has 0 saturated carbocycles. The number of benzene rings is 1. The molecule has 1 atom stereocenters. The molecule has 0 bridgehead atoms. The first-order valence-electron chi connectivity index (χ1n) is 8.21. The molecule has 1 heterocycles. The third-order valence-electron chi connectivity index (χ3n) is 4.77. The van der Waals surface area contributed by atoms with Crippen LogP contribution in [0.1, 0.15) is 61.4 Å². The van der Waals surface area contributed by atoms with Gasteiger partial charge in [-0.1, -0.05) is 26.0 Å². The van der Waals surface area contributed by atoms with E-state index in [4.69, 9.17) is 9.84 Å². The average Bonchev–Trinajstić information content (AvgIpc) is 3.08. The zero-order valence-electron chi connectivity index (χ0n) is 13.8. The van der Waals surface area contributed by atoms with E-state index in [1.54, 1.807) is 6.07 Å². The standard InChI is InChI=1S/C18H25NO4/c1-3-18(4-2,11-16(20)21)19-17(22)14-7-5-6-13(10-14)15-8-9-23-12-15/h5-7,10,15H,3-4,8-9,11-12H2,1-2H3,(H,19,22)(H,20,21). The summed E-state index contributed by atoms with van der Waals surface area (Å²) in [4.78, 5) is 23.7. The van der Waals surface area contributed by atoms with Crippen molar-refractivity contribution >= 4 is 11.9 Å². The van der Waals surface area contributed by atoms with Crippen LogP contribution in [0, 0.1) is 0 Å². The van der Waals surface area contributed by atoms with Crippen molar-refractivity contribution in [1.29, 1.82) is 0 Å². The first kappa shape index (κ1) is 17.5. The van der Waals surface area contributed by atoms with Crippen molar-refractivity contribution < 1.29 is 19.4 Å². The van der Waals surface area contributed by atoms with Crippen LogP contribution in [0.5, 0.6) is 0 Å². The lowest BCUT2D eigenvalue weighted by Crippen LogP contribution is -2.49. The molecule has 2 N–H and O–H groups in total. The normalized spacial score (nSPS) is 17.9. The molecule has 0 aliphatic carbocycles. The molecule has 23 heavy (non-hydrogen) atoms. The van der Waals surface area contributed by atoms with Crippen molar-refractivity contribution in [3.8, 4) is 0 Å². The molecule has 1 aliphatic heterocycles. The SMILES string of the molecule is CCC(CC)(CC(=O)O)NC(=O)c1cccc(C2CCOC2)c1. The molecule has 5 nitrogen and oxygen atoms in total. The van der Waals surface area contributed by atoms with E-state index in [1.165, 1.54) is 0 Å². The topological polar surface area (TPSA) is 75.6 Å². The second-order valence-electron chi connectivity index (χ2n) is 6.20. The molecule has 1 unspecified atom stereocenters. The Morgan fingerprint density at radius 1 is 1.35 bits per heavy atom. The number of carboxylic acids is 1. The number of nitrogens with one attached hydrogen (secondary N) is 1. The number of hydrogen-bond donors (Lipinski definition) is 2. The molecule has 1 amide bonds. The Morgan fingerprint density at radius 2 is 2.09 bits per heavy atom. The van der Waals surface area contributed by atoms with Crippen LogP contribution < -0.4 is 5.32 Å². The van der Waals surface area contributed by atoms with Crippen LogP contribution in [0.3, 0.4) is 0 Å². The fourth-order valence-corrected chi connectivity index (χ4v) is 3.05. The van der Waals surface area contributed by atoms with Gasteiger partial charge in [0, 0.05) is 18.1 Å². The Kier molecular flexibility index (Phi) is 5.77. The number of aliphatic carboxylic acids is 1. The molecule has 126 valence electrons. The van der Waals surface area contributed by atoms with Crippen LogP contribution in [0.4, 0.5) is 0 Å². The predicted molar refractivity (Wildman–Crippen MR) is 87.7 cm³/mol. The molecular weight excluding hydrogens is 294 g/mol. The minimum absolute atomic E-state index is 0.0676. The van der Waals surface area contributed by atoms with Crippen LogP contribution in [-0.2, 0) is 9.53 Å². The van der Waals surface area contributed by atoms with E-state index in [1.807, 2.05) is 32.0 Å². The van der Waals surface area contributed by atoms with E-state index in [-0.39, 0.29) is 12.3 Å². The highest BCUT2D eigenvalue weighted by Crippen LogP contribution is 2.26. The third kappa shape index (κ3) is 4.32. The number of ether oxygens (including phenoxy) is 1.